The van der Waals surface area contributed by atoms with Gasteiger partial charge in [-0.15, -0.1) is 0 Å². The van der Waals surface area contributed by atoms with Crippen LogP contribution in [0.5, 0.6) is 5.75 Å². The Morgan fingerprint density at radius 1 is 1.22 bits per heavy atom. The molecular weight excluding hydrogens is 406 g/mol. The number of carbonyl (C=O) groups is 2. The lowest BCUT2D eigenvalue weighted by molar-refractivity contribution is -0.115. The number of nitrogens with one attached hydrogen (secondary N) is 2. The Morgan fingerprint density at radius 3 is 2.69 bits per heavy atom. The van der Waals surface area contributed by atoms with Crippen molar-refractivity contribution >= 4 is 17.5 Å². The van der Waals surface area contributed by atoms with Gasteiger partial charge >= 0.3 is 0 Å². The maximum atomic E-state index is 13.3. The number of carbonyl (C=O) groups excluding carboxylic acids is 2. The van der Waals surface area contributed by atoms with Crippen LogP contribution in [0.1, 0.15) is 29.8 Å². The number of amides is 2. The first kappa shape index (κ1) is 23.8. The van der Waals surface area contributed by atoms with Crippen LogP contribution in [0.15, 0.2) is 48.5 Å². The van der Waals surface area contributed by atoms with Gasteiger partial charge in [0.15, 0.2) is 0 Å². The highest BCUT2D eigenvalue weighted by molar-refractivity contribution is 5.99. The third kappa shape index (κ3) is 6.31. The van der Waals surface area contributed by atoms with E-state index < -0.39 is 0 Å². The van der Waals surface area contributed by atoms with E-state index in [9.17, 15) is 9.59 Å². The van der Waals surface area contributed by atoms with Crippen LogP contribution in [0.3, 0.4) is 0 Å². The second-order valence-electron chi connectivity index (χ2n) is 8.48. The van der Waals surface area contributed by atoms with Crippen LogP contribution in [-0.4, -0.2) is 62.7 Å². The molecule has 172 valence electrons. The van der Waals surface area contributed by atoms with Crippen LogP contribution in [0.25, 0.3) is 0 Å². The standard InChI is InChI=1S/C25H33N3O4/c1-17-14-26-18(2)16-32-22-11-10-20(27-24(29)12-19-8-6-5-7-9-19)13-21(22)25(30)28(3)15-23(17)31-4/h5-11,13,17-18,23,26H,12,14-16H2,1-4H3,(H,27,29)/t17-,18+,23-/m0/s1. The maximum Gasteiger partial charge on any atom is 0.257 e. The van der Waals surface area contributed by atoms with E-state index in [1.54, 1.807) is 37.3 Å². The number of fused-ring (bicyclic) bond motifs is 1. The number of ether oxygens (including phenoxy) is 2. The summed E-state index contributed by atoms with van der Waals surface area (Å²) in [7, 11) is 3.43. The molecule has 3 atom stereocenters. The predicted molar refractivity (Wildman–Crippen MR) is 125 cm³/mol. The van der Waals surface area contributed by atoms with Crippen molar-refractivity contribution in [2.75, 3.05) is 39.2 Å². The van der Waals surface area contributed by atoms with E-state index in [4.69, 9.17) is 9.47 Å². The fraction of sp³-hybridized carbons (Fsp3) is 0.440. The summed E-state index contributed by atoms with van der Waals surface area (Å²) >= 11 is 0. The lowest BCUT2D eigenvalue weighted by Gasteiger charge is -2.30. The molecule has 0 bridgehead atoms. The number of likely N-dealkylation sites (N-methyl/N-ethyl adjacent to an activating group) is 1. The topological polar surface area (TPSA) is 79.9 Å². The molecule has 0 aromatic heterocycles. The van der Waals surface area contributed by atoms with Crippen molar-refractivity contribution in [3.05, 3.63) is 59.7 Å². The first-order valence-corrected chi connectivity index (χ1v) is 11.0. The largest absolute Gasteiger partial charge is 0.491 e. The summed E-state index contributed by atoms with van der Waals surface area (Å²) in [6.45, 7) is 5.80. The average Bonchev–Trinajstić information content (AvgIpc) is 2.79. The van der Waals surface area contributed by atoms with Crippen LogP contribution in [0.2, 0.25) is 0 Å². The van der Waals surface area contributed by atoms with Crippen LogP contribution in [0.4, 0.5) is 5.69 Å². The lowest BCUT2D eigenvalue weighted by Crippen LogP contribution is -2.44. The molecule has 7 nitrogen and oxygen atoms in total. The number of methoxy groups -OCH3 is 1. The summed E-state index contributed by atoms with van der Waals surface area (Å²) in [4.78, 5) is 27.4. The quantitative estimate of drug-likeness (QED) is 0.766. The minimum absolute atomic E-state index is 0.0961. The predicted octanol–water partition coefficient (Wildman–Crippen LogP) is 2.96. The van der Waals surface area contributed by atoms with Gasteiger partial charge in [-0.25, -0.2) is 0 Å². The molecule has 2 aromatic rings. The van der Waals surface area contributed by atoms with E-state index in [0.717, 1.165) is 12.1 Å². The van der Waals surface area contributed by atoms with Crippen molar-refractivity contribution in [3.8, 4) is 5.75 Å². The number of benzene rings is 2. The molecule has 7 heteroatoms. The second kappa shape index (κ2) is 11.1. The minimum Gasteiger partial charge on any atom is -0.491 e. The number of hydrogen-bond acceptors (Lipinski definition) is 5. The van der Waals surface area contributed by atoms with E-state index >= 15 is 0 Å². The normalized spacial score (nSPS) is 22.2. The summed E-state index contributed by atoms with van der Waals surface area (Å²) < 4.78 is 11.6. The van der Waals surface area contributed by atoms with Crippen molar-refractivity contribution in [2.45, 2.75) is 32.4 Å². The number of nitrogens with zero attached hydrogens (tertiary/aromatic N) is 1. The Balaban J connectivity index is 1.82. The molecule has 0 unspecified atom stereocenters. The van der Waals surface area contributed by atoms with Crippen molar-refractivity contribution in [2.24, 2.45) is 5.92 Å². The molecule has 0 aliphatic carbocycles. The van der Waals surface area contributed by atoms with Crippen LogP contribution in [0, 0.1) is 5.92 Å². The fourth-order valence-electron chi connectivity index (χ4n) is 3.72. The Bertz CT molecular complexity index is 919. The van der Waals surface area contributed by atoms with Gasteiger partial charge in [0.2, 0.25) is 5.91 Å². The van der Waals surface area contributed by atoms with E-state index in [1.807, 2.05) is 37.3 Å². The van der Waals surface area contributed by atoms with Gasteiger partial charge in [-0.3, -0.25) is 9.59 Å². The van der Waals surface area contributed by atoms with Gasteiger partial charge in [-0.05, 0) is 36.6 Å². The monoisotopic (exact) mass is 439 g/mol. The second-order valence-corrected chi connectivity index (χ2v) is 8.48. The van der Waals surface area contributed by atoms with Crippen molar-refractivity contribution in [3.63, 3.8) is 0 Å². The zero-order valence-electron chi connectivity index (χ0n) is 19.3. The number of anilines is 1. The molecule has 2 N–H and O–H groups in total. The smallest absolute Gasteiger partial charge is 0.257 e. The maximum absolute atomic E-state index is 13.3. The van der Waals surface area contributed by atoms with Crippen LogP contribution in [-0.2, 0) is 16.0 Å². The Hall–Kier alpha value is -2.90. The zero-order valence-corrected chi connectivity index (χ0v) is 19.3. The summed E-state index contributed by atoms with van der Waals surface area (Å²) in [5.74, 6) is 0.408. The molecule has 0 saturated carbocycles. The summed E-state index contributed by atoms with van der Waals surface area (Å²) in [6, 6.07) is 14.8. The molecule has 0 fully saturated rings. The summed E-state index contributed by atoms with van der Waals surface area (Å²) in [6.07, 6.45) is 0.167. The first-order valence-electron chi connectivity index (χ1n) is 11.0. The van der Waals surface area contributed by atoms with Gasteiger partial charge in [0.1, 0.15) is 12.4 Å². The van der Waals surface area contributed by atoms with Gasteiger partial charge in [0.05, 0.1) is 18.1 Å². The highest BCUT2D eigenvalue weighted by Gasteiger charge is 2.25. The molecule has 0 radical (unpaired) electrons. The first-order chi connectivity index (χ1) is 15.4. The van der Waals surface area contributed by atoms with Crippen LogP contribution < -0.4 is 15.4 Å². The molecule has 0 saturated heterocycles. The van der Waals surface area contributed by atoms with Crippen molar-refractivity contribution < 1.29 is 19.1 Å². The Morgan fingerprint density at radius 2 is 1.97 bits per heavy atom. The van der Waals surface area contributed by atoms with Crippen molar-refractivity contribution in [1.82, 2.24) is 10.2 Å². The van der Waals surface area contributed by atoms with Gasteiger partial charge in [0.25, 0.3) is 5.91 Å². The highest BCUT2D eigenvalue weighted by Crippen LogP contribution is 2.26. The Labute approximate surface area is 190 Å². The number of hydrogen-bond donors (Lipinski definition) is 2. The average molecular weight is 440 g/mol. The van der Waals surface area contributed by atoms with Crippen LogP contribution >= 0.6 is 0 Å². The molecular formula is C25H33N3O4. The minimum atomic E-state index is -0.172. The highest BCUT2D eigenvalue weighted by atomic mass is 16.5. The van der Waals surface area contributed by atoms with Crippen molar-refractivity contribution in [1.29, 1.82) is 0 Å². The third-order valence-electron chi connectivity index (χ3n) is 5.72. The fourth-order valence-corrected chi connectivity index (χ4v) is 3.72. The third-order valence-corrected chi connectivity index (χ3v) is 5.72. The lowest BCUT2D eigenvalue weighted by atomic mass is 10.0. The van der Waals surface area contributed by atoms with Gasteiger partial charge in [-0.1, -0.05) is 37.3 Å². The molecule has 3 rings (SSSR count). The molecule has 1 aliphatic rings. The van der Waals surface area contributed by atoms with Gasteiger partial charge < -0.3 is 25.0 Å². The van der Waals surface area contributed by atoms with E-state index in [-0.39, 0.29) is 36.3 Å². The van der Waals surface area contributed by atoms with E-state index in [0.29, 0.717) is 30.2 Å². The van der Waals surface area contributed by atoms with Gasteiger partial charge in [-0.2, -0.15) is 0 Å². The van der Waals surface area contributed by atoms with Gasteiger partial charge in [0, 0.05) is 39.0 Å². The molecule has 0 spiro atoms. The number of rotatable bonds is 4. The zero-order chi connectivity index (χ0) is 23.1. The summed E-state index contributed by atoms with van der Waals surface area (Å²) in [5, 5.41) is 6.36. The summed E-state index contributed by atoms with van der Waals surface area (Å²) in [5.41, 5.74) is 1.90. The Kier molecular flexibility index (Phi) is 8.25. The molecule has 2 aromatic carbocycles. The SMILES string of the molecule is CO[C@H]1CN(C)C(=O)c2cc(NC(=O)Cc3ccccc3)ccc2OC[C@@H](C)NC[C@@H]1C. The molecule has 32 heavy (non-hydrogen) atoms. The van der Waals surface area contributed by atoms with E-state index in [2.05, 4.69) is 17.6 Å². The van der Waals surface area contributed by atoms with E-state index in [1.165, 1.54) is 0 Å². The molecule has 2 amide bonds. The molecule has 1 aliphatic heterocycles. The molecule has 1 heterocycles.